The molecular formula is C34H66NO6+. The molecule has 0 bridgehead atoms. The molecule has 41 heavy (non-hydrogen) atoms. The van der Waals surface area contributed by atoms with Gasteiger partial charge < -0.3 is 24.2 Å². The second-order valence-electron chi connectivity index (χ2n) is 12.6. The molecule has 0 aromatic heterocycles. The minimum atomic E-state index is -0.902. The van der Waals surface area contributed by atoms with E-state index in [2.05, 4.69) is 19.1 Å². The molecule has 0 amide bonds. The van der Waals surface area contributed by atoms with Crippen LogP contribution in [0.5, 0.6) is 0 Å². The summed E-state index contributed by atoms with van der Waals surface area (Å²) in [6.07, 6.45) is 28.9. The summed E-state index contributed by atoms with van der Waals surface area (Å²) in [5.74, 6) is -1.15. The van der Waals surface area contributed by atoms with E-state index in [1.807, 2.05) is 21.1 Å². The van der Waals surface area contributed by atoms with Gasteiger partial charge in [0, 0.05) is 12.8 Å². The van der Waals surface area contributed by atoms with E-state index in [0.29, 0.717) is 17.3 Å². The number of rotatable bonds is 30. The van der Waals surface area contributed by atoms with Crippen molar-refractivity contribution in [3.8, 4) is 0 Å². The van der Waals surface area contributed by atoms with Gasteiger partial charge in [-0.25, -0.2) is 4.79 Å². The molecule has 0 radical (unpaired) electrons. The first kappa shape index (κ1) is 39.6. The highest BCUT2D eigenvalue weighted by molar-refractivity contribution is 5.72. The molecule has 0 aromatic rings. The third kappa shape index (κ3) is 27.2. The maximum absolute atomic E-state index is 11.9. The van der Waals surface area contributed by atoms with Gasteiger partial charge in [-0.2, -0.15) is 0 Å². The zero-order valence-corrected chi connectivity index (χ0v) is 27.3. The number of carbonyl (C=O) groups excluding carboxylic acids is 1. The molecule has 0 saturated carbocycles. The van der Waals surface area contributed by atoms with Crippen molar-refractivity contribution >= 4 is 11.9 Å². The number of aliphatic carboxylic acids is 1. The molecule has 0 spiro atoms. The van der Waals surface area contributed by atoms with Crippen molar-refractivity contribution in [1.29, 1.82) is 0 Å². The fourth-order valence-electron chi connectivity index (χ4n) is 4.97. The van der Waals surface area contributed by atoms with Crippen LogP contribution >= 0.6 is 0 Å². The topological polar surface area (TPSA) is 93.1 Å². The number of carbonyl (C=O) groups is 2. The fourth-order valence-corrected chi connectivity index (χ4v) is 4.97. The van der Waals surface area contributed by atoms with E-state index < -0.39 is 18.1 Å². The van der Waals surface area contributed by atoms with Crippen molar-refractivity contribution in [3.63, 3.8) is 0 Å². The number of esters is 1. The number of aliphatic hydroxyl groups is 1. The first-order valence-electron chi connectivity index (χ1n) is 16.8. The zero-order valence-electron chi connectivity index (χ0n) is 27.3. The Morgan fingerprint density at radius 3 is 1.63 bits per heavy atom. The molecule has 0 aromatic carbocycles. The second-order valence-corrected chi connectivity index (χ2v) is 12.6. The Balaban J connectivity index is 3.46. The van der Waals surface area contributed by atoms with Crippen molar-refractivity contribution < 1.29 is 33.8 Å². The number of allylic oxidation sites excluding steroid dienone is 2. The Morgan fingerprint density at radius 2 is 1.17 bits per heavy atom. The van der Waals surface area contributed by atoms with Gasteiger partial charge in [-0.15, -0.1) is 0 Å². The summed E-state index contributed by atoms with van der Waals surface area (Å²) in [4.78, 5) is 23.3. The van der Waals surface area contributed by atoms with Crippen LogP contribution in [-0.2, 0) is 19.1 Å². The van der Waals surface area contributed by atoms with E-state index in [-0.39, 0.29) is 25.8 Å². The van der Waals surface area contributed by atoms with Crippen LogP contribution in [0.15, 0.2) is 12.2 Å². The van der Waals surface area contributed by atoms with Gasteiger partial charge in [0.15, 0.2) is 6.04 Å². The average molecular weight is 585 g/mol. The summed E-state index contributed by atoms with van der Waals surface area (Å²) in [6, 6.07) is -0.573. The number of ether oxygens (including phenoxy) is 2. The molecule has 0 aliphatic rings. The molecule has 0 aliphatic heterocycles. The predicted octanol–water partition coefficient (Wildman–Crippen LogP) is 7.83. The summed E-state index contributed by atoms with van der Waals surface area (Å²) in [5.41, 5.74) is 0. The minimum absolute atomic E-state index is 0.0198. The minimum Gasteiger partial charge on any atom is -0.477 e. The monoisotopic (exact) mass is 584 g/mol. The van der Waals surface area contributed by atoms with Crippen LogP contribution in [-0.4, -0.2) is 79.7 Å². The van der Waals surface area contributed by atoms with Gasteiger partial charge in [-0.3, -0.25) is 4.79 Å². The molecule has 0 aliphatic carbocycles. The summed E-state index contributed by atoms with van der Waals surface area (Å²) < 4.78 is 10.8. The van der Waals surface area contributed by atoms with Crippen LogP contribution in [0.3, 0.4) is 0 Å². The quantitative estimate of drug-likeness (QED) is 0.0387. The fraction of sp³-hybridized carbons (Fsp3) is 0.882. The molecular weight excluding hydrogens is 518 g/mol. The number of quaternary nitrogens is 1. The van der Waals surface area contributed by atoms with Gasteiger partial charge in [-0.1, -0.05) is 109 Å². The van der Waals surface area contributed by atoms with E-state index in [1.54, 1.807) is 0 Å². The SMILES string of the molecule is CCCCCCCCCCCC/C=C/CCCCCCCCCC(=O)OCC(O)COCCC(C(=O)O)[N+](C)(C)C. The van der Waals surface area contributed by atoms with Crippen molar-refractivity contribution in [1.82, 2.24) is 0 Å². The Kier molecular flexibility index (Phi) is 26.4. The standard InChI is InChI=1S/C34H65NO6/c1-5-6-7-8-9-10-11-12-13-14-15-16-17-18-19-20-21-22-23-24-25-26-33(37)41-30-31(36)29-40-28-27-32(34(38)39)35(2,3)4/h16-17,31-32,36H,5-15,18-30H2,1-4H3/p+1/b17-16+. The van der Waals surface area contributed by atoms with Crippen molar-refractivity contribution in [2.75, 3.05) is 41.0 Å². The van der Waals surface area contributed by atoms with Gasteiger partial charge in [0.1, 0.15) is 12.7 Å². The lowest BCUT2D eigenvalue weighted by Crippen LogP contribution is -2.50. The number of carboxylic acids is 1. The van der Waals surface area contributed by atoms with Gasteiger partial charge in [-0.05, 0) is 32.1 Å². The third-order valence-electron chi connectivity index (χ3n) is 7.65. The first-order valence-corrected chi connectivity index (χ1v) is 16.8. The lowest BCUT2D eigenvalue weighted by molar-refractivity contribution is -0.887. The Bertz CT molecular complexity index is 646. The highest BCUT2D eigenvalue weighted by atomic mass is 16.5. The molecule has 2 atom stereocenters. The van der Waals surface area contributed by atoms with Crippen LogP contribution in [0.4, 0.5) is 0 Å². The maximum Gasteiger partial charge on any atom is 0.362 e. The van der Waals surface area contributed by atoms with Crippen molar-refractivity contribution in [2.45, 2.75) is 154 Å². The molecule has 0 fully saturated rings. The number of likely N-dealkylation sites (N-methyl/N-ethyl adjacent to an activating group) is 1. The summed E-state index contributed by atoms with van der Waals surface area (Å²) >= 11 is 0. The first-order chi connectivity index (χ1) is 19.7. The predicted molar refractivity (Wildman–Crippen MR) is 169 cm³/mol. The Labute approximate surface area is 252 Å². The van der Waals surface area contributed by atoms with Crippen molar-refractivity contribution in [2.24, 2.45) is 0 Å². The normalized spacial score (nSPS) is 13.5. The smallest absolute Gasteiger partial charge is 0.362 e. The number of nitrogens with zero attached hydrogens (tertiary/aromatic N) is 1. The van der Waals surface area contributed by atoms with E-state index in [9.17, 15) is 19.8 Å². The highest BCUT2D eigenvalue weighted by Crippen LogP contribution is 2.13. The van der Waals surface area contributed by atoms with E-state index >= 15 is 0 Å². The summed E-state index contributed by atoms with van der Waals surface area (Å²) in [7, 11) is 5.48. The Hall–Kier alpha value is -1.44. The lowest BCUT2D eigenvalue weighted by Gasteiger charge is -2.31. The average Bonchev–Trinajstić information content (AvgIpc) is 2.91. The number of unbranched alkanes of at least 4 members (excludes halogenated alkanes) is 17. The van der Waals surface area contributed by atoms with Gasteiger partial charge >= 0.3 is 11.9 Å². The third-order valence-corrected chi connectivity index (χ3v) is 7.65. The zero-order chi connectivity index (χ0) is 30.6. The Morgan fingerprint density at radius 1 is 0.707 bits per heavy atom. The van der Waals surface area contributed by atoms with E-state index in [1.165, 1.54) is 103 Å². The molecule has 7 heteroatoms. The van der Waals surface area contributed by atoms with Crippen molar-refractivity contribution in [3.05, 3.63) is 12.2 Å². The van der Waals surface area contributed by atoms with Gasteiger partial charge in [0.25, 0.3) is 0 Å². The maximum atomic E-state index is 11.9. The van der Waals surface area contributed by atoms with Gasteiger partial charge in [0.2, 0.25) is 0 Å². The van der Waals surface area contributed by atoms with E-state index in [0.717, 1.165) is 19.3 Å². The number of aliphatic hydroxyl groups excluding tert-OH is 1. The molecule has 2 N–H and O–H groups in total. The summed E-state index contributed by atoms with van der Waals surface area (Å²) in [6.45, 7) is 2.43. The van der Waals surface area contributed by atoms with Crippen LogP contribution in [0.25, 0.3) is 0 Å². The van der Waals surface area contributed by atoms with Crippen LogP contribution in [0.2, 0.25) is 0 Å². The largest absolute Gasteiger partial charge is 0.477 e. The van der Waals surface area contributed by atoms with Crippen LogP contribution < -0.4 is 0 Å². The highest BCUT2D eigenvalue weighted by Gasteiger charge is 2.30. The van der Waals surface area contributed by atoms with Crippen LogP contribution in [0, 0.1) is 0 Å². The molecule has 7 nitrogen and oxygen atoms in total. The molecule has 0 rings (SSSR count). The molecule has 0 heterocycles. The van der Waals surface area contributed by atoms with E-state index in [4.69, 9.17) is 9.47 Å². The lowest BCUT2D eigenvalue weighted by atomic mass is 10.1. The van der Waals surface area contributed by atoms with Gasteiger partial charge in [0.05, 0.1) is 34.4 Å². The number of carboxylic acid groups (broad SMARTS) is 1. The second kappa shape index (κ2) is 27.4. The number of hydrogen-bond donors (Lipinski definition) is 2. The molecule has 242 valence electrons. The van der Waals surface area contributed by atoms with Crippen LogP contribution in [0.1, 0.15) is 142 Å². The molecule has 0 saturated heterocycles. The number of hydrogen-bond acceptors (Lipinski definition) is 5. The summed E-state index contributed by atoms with van der Waals surface area (Å²) in [5, 5.41) is 19.3. The molecule has 2 unspecified atom stereocenters.